The van der Waals surface area contributed by atoms with Crippen LogP contribution in [0.1, 0.15) is 11.7 Å². The first-order valence-corrected chi connectivity index (χ1v) is 3.44. The Morgan fingerprint density at radius 1 is 1.55 bits per heavy atom. The quantitative estimate of drug-likeness (QED) is 0.470. The van der Waals surface area contributed by atoms with E-state index in [1.165, 1.54) is 0 Å². The third-order valence-corrected chi connectivity index (χ3v) is 1.57. The average Bonchev–Trinajstić information content (AvgIpc) is 2.53. The Balaban J connectivity index is 2.62. The maximum atomic E-state index is 9.33. The third-order valence-electron chi connectivity index (χ3n) is 1.57. The summed E-state index contributed by atoms with van der Waals surface area (Å²) in [4.78, 5) is 2.78. The Hall–Kier alpha value is -0.840. The molecule has 0 bridgehead atoms. The van der Waals surface area contributed by atoms with E-state index >= 15 is 0 Å². The van der Waals surface area contributed by atoms with E-state index in [1.807, 2.05) is 0 Å². The first kappa shape index (κ1) is 8.26. The Morgan fingerprint density at radius 3 is 2.73 bits per heavy atom. The summed E-state index contributed by atoms with van der Waals surface area (Å²) in [5.74, 6) is 0. The highest BCUT2D eigenvalue weighted by atomic mass is 16.3. The van der Waals surface area contributed by atoms with Crippen LogP contribution in [0.2, 0.25) is 0 Å². The fourth-order valence-corrected chi connectivity index (χ4v) is 0.872. The molecule has 0 radical (unpaired) electrons. The molecule has 0 fully saturated rings. The predicted octanol–water partition coefficient (Wildman–Crippen LogP) is -0.632. The molecule has 0 aromatic carbocycles. The van der Waals surface area contributed by atoms with Crippen molar-refractivity contribution in [1.29, 1.82) is 0 Å². The second-order valence-electron chi connectivity index (χ2n) is 2.39. The normalized spacial score (nSPS) is 16.3. The molecule has 0 aliphatic carbocycles. The molecule has 0 saturated heterocycles. The Morgan fingerprint density at radius 2 is 2.27 bits per heavy atom. The van der Waals surface area contributed by atoms with Gasteiger partial charge < -0.3 is 20.9 Å². The van der Waals surface area contributed by atoms with E-state index in [0.717, 1.165) is 0 Å². The summed E-state index contributed by atoms with van der Waals surface area (Å²) >= 11 is 0. The van der Waals surface area contributed by atoms with Gasteiger partial charge in [-0.25, -0.2) is 0 Å². The molecule has 0 amide bonds. The number of hydrogen-bond donors (Lipinski definition) is 4. The average molecular weight is 156 g/mol. The summed E-state index contributed by atoms with van der Waals surface area (Å²) in [7, 11) is 0. The summed E-state index contributed by atoms with van der Waals surface area (Å²) in [5, 5.41) is 18.4. The number of aliphatic hydroxyl groups is 2. The van der Waals surface area contributed by atoms with Crippen LogP contribution in [0.4, 0.5) is 0 Å². The lowest BCUT2D eigenvalue weighted by atomic mass is 10.1. The van der Waals surface area contributed by atoms with Gasteiger partial charge in [0.2, 0.25) is 0 Å². The standard InChI is InChI=1S/C7H12N2O2/c8-3-6(10)7(11)5-1-2-9-4-5/h1-2,4,6-7,9-11H,3,8H2. The van der Waals surface area contributed by atoms with Crippen LogP contribution in [-0.4, -0.2) is 27.8 Å². The van der Waals surface area contributed by atoms with Crippen molar-refractivity contribution in [2.24, 2.45) is 5.73 Å². The molecule has 0 saturated carbocycles. The maximum absolute atomic E-state index is 9.33. The molecule has 62 valence electrons. The molecule has 1 aromatic heterocycles. The molecule has 4 heteroatoms. The Bertz CT molecular complexity index is 198. The lowest BCUT2D eigenvalue weighted by molar-refractivity contribution is 0.0244. The minimum atomic E-state index is -0.884. The third kappa shape index (κ3) is 1.80. The lowest BCUT2D eigenvalue weighted by Gasteiger charge is -2.13. The molecular weight excluding hydrogens is 144 g/mol. The van der Waals surface area contributed by atoms with Crippen LogP contribution in [0.3, 0.4) is 0 Å². The highest BCUT2D eigenvalue weighted by Gasteiger charge is 2.16. The molecule has 0 aliphatic heterocycles. The number of aliphatic hydroxyl groups excluding tert-OH is 2. The van der Waals surface area contributed by atoms with Crippen molar-refractivity contribution >= 4 is 0 Å². The van der Waals surface area contributed by atoms with Gasteiger partial charge in [0, 0.05) is 24.5 Å². The van der Waals surface area contributed by atoms with Crippen LogP contribution in [0.25, 0.3) is 0 Å². The van der Waals surface area contributed by atoms with Crippen LogP contribution >= 0.6 is 0 Å². The van der Waals surface area contributed by atoms with Crippen LogP contribution in [0.15, 0.2) is 18.5 Å². The Labute approximate surface area is 64.7 Å². The van der Waals surface area contributed by atoms with E-state index in [0.29, 0.717) is 5.56 Å². The van der Waals surface area contributed by atoms with E-state index in [9.17, 15) is 5.11 Å². The van der Waals surface area contributed by atoms with Crippen molar-refractivity contribution < 1.29 is 10.2 Å². The van der Waals surface area contributed by atoms with Crippen molar-refractivity contribution in [1.82, 2.24) is 4.98 Å². The summed E-state index contributed by atoms with van der Waals surface area (Å²) < 4.78 is 0. The number of nitrogens with one attached hydrogen (secondary N) is 1. The highest BCUT2D eigenvalue weighted by Crippen LogP contribution is 2.14. The molecular formula is C7H12N2O2. The van der Waals surface area contributed by atoms with Crippen molar-refractivity contribution in [2.45, 2.75) is 12.2 Å². The smallest absolute Gasteiger partial charge is 0.108 e. The molecule has 0 aliphatic rings. The van der Waals surface area contributed by atoms with Crippen LogP contribution in [0, 0.1) is 0 Å². The largest absolute Gasteiger partial charge is 0.389 e. The molecule has 5 N–H and O–H groups in total. The van der Waals surface area contributed by atoms with Gasteiger partial charge in [0.05, 0.1) is 6.10 Å². The number of rotatable bonds is 3. The number of hydrogen-bond acceptors (Lipinski definition) is 3. The van der Waals surface area contributed by atoms with Gasteiger partial charge in [-0.3, -0.25) is 0 Å². The second kappa shape index (κ2) is 3.52. The number of aromatic amines is 1. The van der Waals surface area contributed by atoms with Gasteiger partial charge in [0.15, 0.2) is 0 Å². The monoisotopic (exact) mass is 156 g/mol. The minimum Gasteiger partial charge on any atom is -0.389 e. The van der Waals surface area contributed by atoms with Gasteiger partial charge in [0.25, 0.3) is 0 Å². The maximum Gasteiger partial charge on any atom is 0.108 e. The summed E-state index contributed by atoms with van der Waals surface area (Å²) in [6.07, 6.45) is 1.54. The zero-order chi connectivity index (χ0) is 8.27. The van der Waals surface area contributed by atoms with E-state index < -0.39 is 12.2 Å². The van der Waals surface area contributed by atoms with Crippen molar-refractivity contribution in [3.63, 3.8) is 0 Å². The second-order valence-corrected chi connectivity index (χ2v) is 2.39. The lowest BCUT2D eigenvalue weighted by Crippen LogP contribution is -2.26. The predicted molar refractivity (Wildman–Crippen MR) is 40.8 cm³/mol. The van der Waals surface area contributed by atoms with Crippen LogP contribution in [-0.2, 0) is 0 Å². The van der Waals surface area contributed by atoms with Crippen LogP contribution < -0.4 is 5.73 Å². The molecule has 1 rings (SSSR count). The van der Waals surface area contributed by atoms with E-state index in [2.05, 4.69) is 4.98 Å². The minimum absolute atomic E-state index is 0.0619. The number of aromatic nitrogens is 1. The number of nitrogens with two attached hydrogens (primary N) is 1. The van der Waals surface area contributed by atoms with Crippen molar-refractivity contribution in [3.8, 4) is 0 Å². The van der Waals surface area contributed by atoms with E-state index in [4.69, 9.17) is 10.8 Å². The van der Waals surface area contributed by atoms with E-state index in [-0.39, 0.29) is 6.54 Å². The fourth-order valence-electron chi connectivity index (χ4n) is 0.872. The number of H-pyrrole nitrogens is 1. The molecule has 2 atom stereocenters. The fraction of sp³-hybridized carbons (Fsp3) is 0.429. The first-order valence-electron chi connectivity index (χ1n) is 3.44. The highest BCUT2D eigenvalue weighted by molar-refractivity contribution is 5.13. The zero-order valence-electron chi connectivity index (χ0n) is 6.07. The molecule has 11 heavy (non-hydrogen) atoms. The topological polar surface area (TPSA) is 82.3 Å². The Kier molecular flexibility index (Phi) is 2.64. The summed E-state index contributed by atoms with van der Waals surface area (Å²) in [6.45, 7) is 0.0619. The van der Waals surface area contributed by atoms with Crippen molar-refractivity contribution in [2.75, 3.05) is 6.54 Å². The molecule has 1 aromatic rings. The van der Waals surface area contributed by atoms with Gasteiger partial charge in [-0.2, -0.15) is 0 Å². The molecule has 0 spiro atoms. The van der Waals surface area contributed by atoms with Crippen LogP contribution in [0.5, 0.6) is 0 Å². The molecule has 2 unspecified atom stereocenters. The van der Waals surface area contributed by atoms with Crippen molar-refractivity contribution in [3.05, 3.63) is 24.0 Å². The zero-order valence-corrected chi connectivity index (χ0v) is 6.07. The summed E-state index contributed by atoms with van der Waals surface area (Å²) in [5.41, 5.74) is 5.81. The van der Waals surface area contributed by atoms with Gasteiger partial charge in [-0.05, 0) is 6.07 Å². The van der Waals surface area contributed by atoms with Gasteiger partial charge in [-0.1, -0.05) is 0 Å². The van der Waals surface area contributed by atoms with Gasteiger partial charge in [-0.15, -0.1) is 0 Å². The SMILES string of the molecule is NCC(O)C(O)c1cc[nH]c1. The van der Waals surface area contributed by atoms with Gasteiger partial charge in [0.1, 0.15) is 6.10 Å². The molecule has 1 heterocycles. The molecule has 4 nitrogen and oxygen atoms in total. The first-order chi connectivity index (χ1) is 5.25. The van der Waals surface area contributed by atoms with E-state index in [1.54, 1.807) is 18.5 Å². The van der Waals surface area contributed by atoms with Gasteiger partial charge >= 0.3 is 0 Å². The summed E-state index contributed by atoms with van der Waals surface area (Å²) in [6, 6.07) is 1.70.